The van der Waals surface area contributed by atoms with Crippen molar-refractivity contribution in [1.82, 2.24) is 0 Å². The van der Waals surface area contributed by atoms with E-state index in [1.54, 1.807) is 13.0 Å². The standard InChI is InChI=1S/C21H26N2O4S/c1-3-27-19-11-7-16(8-12-19)14-21(24)22-18-10-9-17-6-5-13-23(20(17)15-18)28(25,26)4-2/h7-12,15H,3-6,13-14H2,1-2H3,(H,22,24). The molecule has 0 spiro atoms. The number of hydrogen-bond acceptors (Lipinski definition) is 4. The molecule has 2 aromatic carbocycles. The number of ether oxygens (including phenoxy) is 1. The number of rotatable bonds is 7. The average Bonchev–Trinajstić information content (AvgIpc) is 2.69. The third-order valence-electron chi connectivity index (χ3n) is 4.74. The largest absolute Gasteiger partial charge is 0.494 e. The van der Waals surface area contributed by atoms with Gasteiger partial charge in [-0.2, -0.15) is 0 Å². The summed E-state index contributed by atoms with van der Waals surface area (Å²) in [6.45, 7) is 4.65. The number of sulfonamides is 1. The third-order valence-corrected chi connectivity index (χ3v) is 6.53. The molecule has 28 heavy (non-hydrogen) atoms. The highest BCUT2D eigenvalue weighted by Gasteiger charge is 2.26. The Balaban J connectivity index is 1.72. The van der Waals surface area contributed by atoms with Crippen molar-refractivity contribution in [3.63, 3.8) is 0 Å². The fourth-order valence-electron chi connectivity index (χ4n) is 3.32. The first-order chi connectivity index (χ1) is 13.4. The molecule has 150 valence electrons. The normalized spacial score (nSPS) is 13.7. The molecule has 0 atom stereocenters. The number of amides is 1. The molecule has 6 nitrogen and oxygen atoms in total. The molecule has 7 heteroatoms. The number of nitrogens with zero attached hydrogens (tertiary/aromatic N) is 1. The molecule has 0 aliphatic carbocycles. The smallest absolute Gasteiger partial charge is 0.234 e. The van der Waals surface area contributed by atoms with Crippen LogP contribution in [0.5, 0.6) is 5.75 Å². The topological polar surface area (TPSA) is 75.7 Å². The summed E-state index contributed by atoms with van der Waals surface area (Å²) in [6, 6.07) is 12.9. The van der Waals surface area contributed by atoms with Crippen LogP contribution in [0.1, 0.15) is 31.4 Å². The van der Waals surface area contributed by atoms with Gasteiger partial charge < -0.3 is 10.1 Å². The fraction of sp³-hybridized carbons (Fsp3) is 0.381. The number of nitrogens with one attached hydrogen (secondary N) is 1. The van der Waals surface area contributed by atoms with Crippen molar-refractivity contribution < 1.29 is 17.9 Å². The summed E-state index contributed by atoms with van der Waals surface area (Å²) in [4.78, 5) is 12.4. The van der Waals surface area contributed by atoms with Crippen molar-refractivity contribution in [3.05, 3.63) is 53.6 Å². The maximum absolute atomic E-state index is 12.4. The molecule has 3 rings (SSSR count). The van der Waals surface area contributed by atoms with E-state index in [9.17, 15) is 13.2 Å². The molecular weight excluding hydrogens is 376 g/mol. The van der Waals surface area contributed by atoms with Crippen molar-refractivity contribution in [3.8, 4) is 5.75 Å². The van der Waals surface area contributed by atoms with Gasteiger partial charge in [0.1, 0.15) is 5.75 Å². The molecule has 0 unspecified atom stereocenters. The molecule has 1 heterocycles. The van der Waals surface area contributed by atoms with Gasteiger partial charge in [-0.1, -0.05) is 18.2 Å². The van der Waals surface area contributed by atoms with E-state index in [2.05, 4.69) is 5.32 Å². The van der Waals surface area contributed by atoms with Gasteiger partial charge in [0.2, 0.25) is 15.9 Å². The molecule has 1 aliphatic heterocycles. The number of aryl methyl sites for hydroxylation is 1. The second-order valence-electron chi connectivity index (χ2n) is 6.72. The fourth-order valence-corrected chi connectivity index (χ4v) is 4.51. The second kappa shape index (κ2) is 8.65. The molecule has 0 saturated carbocycles. The number of hydrogen-bond donors (Lipinski definition) is 1. The molecule has 0 bridgehead atoms. The zero-order valence-corrected chi connectivity index (χ0v) is 17.1. The summed E-state index contributed by atoms with van der Waals surface area (Å²) in [7, 11) is -3.33. The Morgan fingerprint density at radius 2 is 1.89 bits per heavy atom. The first kappa shape index (κ1) is 20.2. The Labute approximate surface area is 166 Å². The van der Waals surface area contributed by atoms with Crippen molar-refractivity contribution in [2.24, 2.45) is 0 Å². The average molecular weight is 403 g/mol. The molecule has 0 radical (unpaired) electrons. The van der Waals surface area contributed by atoms with Gasteiger partial charge in [-0.15, -0.1) is 0 Å². The van der Waals surface area contributed by atoms with Gasteiger partial charge in [0, 0.05) is 12.2 Å². The lowest BCUT2D eigenvalue weighted by Crippen LogP contribution is -2.36. The maximum atomic E-state index is 12.4. The van der Waals surface area contributed by atoms with Crippen LogP contribution >= 0.6 is 0 Å². The van der Waals surface area contributed by atoms with E-state index < -0.39 is 10.0 Å². The number of carbonyl (C=O) groups excluding carboxylic acids is 1. The lowest BCUT2D eigenvalue weighted by atomic mass is 10.0. The third kappa shape index (κ3) is 4.65. The number of benzene rings is 2. The summed E-state index contributed by atoms with van der Waals surface area (Å²) >= 11 is 0. The monoisotopic (exact) mass is 402 g/mol. The van der Waals surface area contributed by atoms with Crippen LogP contribution < -0.4 is 14.4 Å². The summed E-state index contributed by atoms with van der Waals surface area (Å²) in [5, 5.41) is 2.88. The minimum Gasteiger partial charge on any atom is -0.494 e. The van der Waals surface area contributed by atoms with Gasteiger partial charge >= 0.3 is 0 Å². The van der Waals surface area contributed by atoms with Crippen LogP contribution in [-0.2, 0) is 27.7 Å². The van der Waals surface area contributed by atoms with Crippen LogP contribution in [0.15, 0.2) is 42.5 Å². The first-order valence-corrected chi connectivity index (χ1v) is 11.2. The van der Waals surface area contributed by atoms with Gasteiger partial charge in [0.25, 0.3) is 0 Å². The highest BCUT2D eigenvalue weighted by Crippen LogP contribution is 2.32. The zero-order valence-electron chi connectivity index (χ0n) is 16.3. The van der Waals surface area contributed by atoms with E-state index in [0.717, 1.165) is 29.7 Å². The SMILES string of the molecule is CCOc1ccc(CC(=O)Nc2ccc3c(c2)N(S(=O)(=O)CC)CCC3)cc1. The quantitative estimate of drug-likeness (QED) is 0.770. The number of carbonyl (C=O) groups is 1. The lowest BCUT2D eigenvalue weighted by Gasteiger charge is -2.30. The Morgan fingerprint density at radius 1 is 1.14 bits per heavy atom. The second-order valence-corrected chi connectivity index (χ2v) is 8.90. The van der Waals surface area contributed by atoms with Gasteiger partial charge in [0.05, 0.1) is 24.5 Å². The van der Waals surface area contributed by atoms with Crippen LogP contribution in [0.4, 0.5) is 11.4 Å². The van der Waals surface area contributed by atoms with E-state index in [1.807, 2.05) is 43.3 Å². The van der Waals surface area contributed by atoms with Crippen LogP contribution in [0.25, 0.3) is 0 Å². The minimum atomic E-state index is -3.33. The van der Waals surface area contributed by atoms with Crippen molar-refractivity contribution >= 4 is 27.3 Å². The zero-order chi connectivity index (χ0) is 20.1. The van der Waals surface area contributed by atoms with Gasteiger partial charge in [-0.3, -0.25) is 9.10 Å². The van der Waals surface area contributed by atoms with Crippen LogP contribution in [0.3, 0.4) is 0 Å². The Kier molecular flexibility index (Phi) is 6.24. The van der Waals surface area contributed by atoms with Gasteiger partial charge in [-0.05, 0) is 62.1 Å². The Hall–Kier alpha value is -2.54. The molecule has 0 aromatic heterocycles. The van der Waals surface area contributed by atoms with E-state index in [1.165, 1.54) is 4.31 Å². The van der Waals surface area contributed by atoms with E-state index >= 15 is 0 Å². The highest BCUT2D eigenvalue weighted by atomic mass is 32.2. The summed E-state index contributed by atoms with van der Waals surface area (Å²) in [5.74, 6) is 0.684. The van der Waals surface area contributed by atoms with Crippen molar-refractivity contribution in [1.29, 1.82) is 0 Å². The molecular formula is C21H26N2O4S. The first-order valence-electron chi connectivity index (χ1n) is 9.58. The van der Waals surface area contributed by atoms with Crippen LogP contribution in [0, 0.1) is 0 Å². The molecule has 0 fully saturated rings. The van der Waals surface area contributed by atoms with Crippen LogP contribution in [-0.4, -0.2) is 33.2 Å². The minimum absolute atomic E-state index is 0.0563. The number of anilines is 2. The maximum Gasteiger partial charge on any atom is 0.234 e. The molecule has 1 amide bonds. The Morgan fingerprint density at radius 3 is 2.57 bits per heavy atom. The number of fused-ring (bicyclic) bond motifs is 1. The summed E-state index contributed by atoms with van der Waals surface area (Å²) in [6.07, 6.45) is 1.88. The summed E-state index contributed by atoms with van der Waals surface area (Å²) < 4.78 is 31.7. The summed E-state index contributed by atoms with van der Waals surface area (Å²) in [5.41, 5.74) is 3.15. The molecule has 1 aliphatic rings. The van der Waals surface area contributed by atoms with E-state index in [-0.39, 0.29) is 18.1 Å². The highest BCUT2D eigenvalue weighted by molar-refractivity contribution is 7.92. The lowest BCUT2D eigenvalue weighted by molar-refractivity contribution is -0.115. The predicted octanol–water partition coefficient (Wildman–Crippen LogP) is 3.37. The molecule has 2 aromatic rings. The van der Waals surface area contributed by atoms with E-state index in [0.29, 0.717) is 24.5 Å². The van der Waals surface area contributed by atoms with E-state index in [4.69, 9.17) is 4.74 Å². The van der Waals surface area contributed by atoms with Gasteiger partial charge in [-0.25, -0.2) is 8.42 Å². The van der Waals surface area contributed by atoms with Crippen LogP contribution in [0.2, 0.25) is 0 Å². The van der Waals surface area contributed by atoms with Crippen molar-refractivity contribution in [2.45, 2.75) is 33.1 Å². The van der Waals surface area contributed by atoms with Gasteiger partial charge in [0.15, 0.2) is 0 Å². The Bertz CT molecular complexity index is 939. The molecule has 1 N–H and O–H groups in total. The molecule has 0 saturated heterocycles. The van der Waals surface area contributed by atoms with Crippen molar-refractivity contribution in [2.75, 3.05) is 28.5 Å². The predicted molar refractivity (Wildman–Crippen MR) is 112 cm³/mol.